The van der Waals surface area contributed by atoms with Gasteiger partial charge in [0.2, 0.25) is 0 Å². The number of nitrogen functional groups attached to an aromatic ring is 1. The summed E-state index contributed by atoms with van der Waals surface area (Å²) in [5.41, 5.74) is 9.19. The van der Waals surface area contributed by atoms with Crippen LogP contribution in [0.15, 0.2) is 36.8 Å². The Morgan fingerprint density at radius 3 is 2.75 bits per heavy atom. The maximum absolute atomic E-state index is 14.9. The lowest BCUT2D eigenvalue weighted by Crippen LogP contribution is -2.38. The Balaban J connectivity index is 1.39. The van der Waals surface area contributed by atoms with E-state index >= 15 is 0 Å². The van der Waals surface area contributed by atoms with E-state index in [0.717, 1.165) is 5.56 Å². The molecular weight excluding hydrogens is 433 g/mol. The first-order valence-electron chi connectivity index (χ1n) is 10.3. The molecule has 0 radical (unpaired) electrons. The average molecular weight is 454 g/mol. The second-order valence-corrected chi connectivity index (χ2v) is 8.44. The maximum Gasteiger partial charge on any atom is 0.255 e. The first-order valence-corrected chi connectivity index (χ1v) is 10.7. The molecule has 3 N–H and O–H groups in total. The van der Waals surface area contributed by atoms with E-state index in [9.17, 15) is 9.18 Å². The summed E-state index contributed by atoms with van der Waals surface area (Å²) >= 11 is 5.94. The third-order valence-corrected chi connectivity index (χ3v) is 6.16. The standard InChI is InChI=1S/C22H21ClFN7O/c1-30-11-13(9-27-30)20-28-19-18(16(24)10-26-21(19)29-20)12-4-6-31(7-5-12)22(32)15-3-2-14(23)8-17(15)25/h2-3,8-12H,4-7,25H2,1H3,(H,26,28,29). The van der Waals surface area contributed by atoms with Crippen molar-refractivity contribution in [3.8, 4) is 11.4 Å². The normalized spacial score (nSPS) is 14.9. The van der Waals surface area contributed by atoms with E-state index in [0.29, 0.717) is 64.8 Å². The maximum atomic E-state index is 14.9. The SMILES string of the molecule is Cn1cc(-c2nc3ncc(F)c(C4CCN(C(=O)c5ccc(Cl)cc5N)CC4)c3[nH]2)cn1. The molecule has 1 saturated heterocycles. The predicted molar refractivity (Wildman–Crippen MR) is 120 cm³/mol. The van der Waals surface area contributed by atoms with E-state index in [4.69, 9.17) is 17.3 Å². The molecule has 0 aliphatic carbocycles. The van der Waals surface area contributed by atoms with Gasteiger partial charge in [0.05, 0.1) is 29.0 Å². The molecule has 0 unspecified atom stereocenters. The summed E-state index contributed by atoms with van der Waals surface area (Å²) in [6.07, 6.45) is 5.99. The molecule has 3 aromatic heterocycles. The Bertz CT molecular complexity index is 1320. The number of nitrogens with one attached hydrogen (secondary N) is 1. The Kier molecular flexibility index (Phi) is 5.05. The minimum absolute atomic E-state index is 0.0608. The Hall–Kier alpha value is -3.46. The quantitative estimate of drug-likeness (QED) is 0.459. The summed E-state index contributed by atoms with van der Waals surface area (Å²) in [5, 5.41) is 4.65. The summed E-state index contributed by atoms with van der Waals surface area (Å²) in [5.74, 6) is 0.0246. The van der Waals surface area contributed by atoms with Crippen LogP contribution >= 0.6 is 11.6 Å². The number of aryl methyl sites for hydroxylation is 1. The number of fused-ring (bicyclic) bond motifs is 1. The molecule has 1 amide bonds. The fourth-order valence-corrected chi connectivity index (χ4v) is 4.48. The van der Waals surface area contributed by atoms with Gasteiger partial charge >= 0.3 is 0 Å². The number of benzene rings is 1. The Morgan fingerprint density at radius 1 is 1.28 bits per heavy atom. The third kappa shape index (κ3) is 3.58. The topological polar surface area (TPSA) is 106 Å². The number of hydrogen-bond acceptors (Lipinski definition) is 5. The van der Waals surface area contributed by atoms with E-state index in [1.807, 2.05) is 13.2 Å². The monoisotopic (exact) mass is 453 g/mol. The van der Waals surface area contributed by atoms with Crippen LogP contribution in [0.3, 0.4) is 0 Å². The first-order chi connectivity index (χ1) is 15.4. The van der Waals surface area contributed by atoms with Crippen molar-refractivity contribution in [1.29, 1.82) is 0 Å². The largest absolute Gasteiger partial charge is 0.398 e. The second kappa shape index (κ2) is 7.90. The number of nitrogens with two attached hydrogens (primary N) is 1. The number of rotatable bonds is 3. The lowest BCUT2D eigenvalue weighted by molar-refractivity contribution is 0.0713. The van der Waals surface area contributed by atoms with Crippen molar-refractivity contribution in [3.05, 3.63) is 58.8 Å². The number of aromatic amines is 1. The van der Waals surface area contributed by atoms with Crippen LogP contribution in [0.25, 0.3) is 22.6 Å². The van der Waals surface area contributed by atoms with Crippen molar-refractivity contribution in [2.24, 2.45) is 7.05 Å². The number of imidazole rings is 1. The number of amides is 1. The van der Waals surface area contributed by atoms with Crippen LogP contribution in [0, 0.1) is 5.82 Å². The number of halogens is 2. The lowest BCUT2D eigenvalue weighted by Gasteiger charge is -2.32. The van der Waals surface area contributed by atoms with Crippen molar-refractivity contribution in [2.75, 3.05) is 18.8 Å². The van der Waals surface area contributed by atoms with E-state index in [2.05, 4.69) is 20.1 Å². The molecular formula is C22H21ClFN7O. The molecule has 164 valence electrons. The van der Waals surface area contributed by atoms with Gasteiger partial charge in [0.25, 0.3) is 5.91 Å². The molecule has 1 aromatic carbocycles. The highest BCUT2D eigenvalue weighted by atomic mass is 35.5. The predicted octanol–water partition coefficient (Wildman–Crippen LogP) is 3.75. The molecule has 10 heteroatoms. The molecule has 8 nitrogen and oxygen atoms in total. The van der Waals surface area contributed by atoms with Crippen molar-refractivity contribution in [1.82, 2.24) is 29.6 Å². The van der Waals surface area contributed by atoms with Gasteiger partial charge in [-0.1, -0.05) is 11.6 Å². The molecule has 0 saturated carbocycles. The van der Waals surface area contributed by atoms with Crippen LogP contribution in [0.1, 0.15) is 34.7 Å². The number of anilines is 1. The van der Waals surface area contributed by atoms with Crippen LogP contribution in [0.2, 0.25) is 5.02 Å². The van der Waals surface area contributed by atoms with Gasteiger partial charge in [0, 0.05) is 42.6 Å². The van der Waals surface area contributed by atoms with Crippen LogP contribution in [0.4, 0.5) is 10.1 Å². The number of carbonyl (C=O) groups is 1. The number of pyridine rings is 1. The third-order valence-electron chi connectivity index (χ3n) is 5.92. The Morgan fingerprint density at radius 2 is 2.06 bits per heavy atom. The molecule has 0 spiro atoms. The molecule has 1 aliphatic heterocycles. The number of carbonyl (C=O) groups excluding carboxylic acids is 1. The first kappa shape index (κ1) is 20.4. The summed E-state index contributed by atoms with van der Waals surface area (Å²) in [4.78, 5) is 26.6. The van der Waals surface area contributed by atoms with Gasteiger partial charge in [-0.2, -0.15) is 5.10 Å². The summed E-state index contributed by atoms with van der Waals surface area (Å²) in [7, 11) is 1.82. The van der Waals surface area contributed by atoms with Gasteiger partial charge in [-0.15, -0.1) is 0 Å². The van der Waals surface area contributed by atoms with Gasteiger partial charge in [-0.05, 0) is 37.0 Å². The summed E-state index contributed by atoms with van der Waals surface area (Å²) in [6, 6.07) is 4.87. The minimum atomic E-state index is -0.370. The average Bonchev–Trinajstić information content (AvgIpc) is 3.39. The zero-order valence-electron chi connectivity index (χ0n) is 17.3. The van der Waals surface area contributed by atoms with Crippen LogP contribution in [-0.4, -0.2) is 48.6 Å². The van der Waals surface area contributed by atoms with E-state index in [1.54, 1.807) is 34.0 Å². The highest BCUT2D eigenvalue weighted by Gasteiger charge is 2.29. The van der Waals surface area contributed by atoms with Crippen LogP contribution < -0.4 is 5.73 Å². The molecule has 4 heterocycles. The zero-order chi connectivity index (χ0) is 22.4. The Labute approximate surface area is 188 Å². The fourth-order valence-electron chi connectivity index (χ4n) is 4.30. The van der Waals surface area contributed by atoms with Crippen molar-refractivity contribution in [3.63, 3.8) is 0 Å². The molecule has 1 fully saturated rings. The molecule has 4 aromatic rings. The summed E-state index contributed by atoms with van der Waals surface area (Å²) < 4.78 is 16.6. The van der Waals surface area contributed by atoms with Crippen molar-refractivity contribution in [2.45, 2.75) is 18.8 Å². The van der Waals surface area contributed by atoms with Gasteiger partial charge in [0.15, 0.2) is 5.65 Å². The van der Waals surface area contributed by atoms with Gasteiger partial charge in [-0.25, -0.2) is 14.4 Å². The van der Waals surface area contributed by atoms with Gasteiger partial charge in [-0.3, -0.25) is 9.48 Å². The highest BCUT2D eigenvalue weighted by molar-refractivity contribution is 6.31. The summed E-state index contributed by atoms with van der Waals surface area (Å²) in [6.45, 7) is 0.997. The molecule has 0 bridgehead atoms. The number of likely N-dealkylation sites (tertiary alicyclic amines) is 1. The van der Waals surface area contributed by atoms with Gasteiger partial charge < -0.3 is 15.6 Å². The van der Waals surface area contributed by atoms with Crippen LogP contribution in [-0.2, 0) is 7.05 Å². The molecule has 32 heavy (non-hydrogen) atoms. The van der Waals surface area contributed by atoms with E-state index < -0.39 is 0 Å². The number of nitrogens with zero attached hydrogens (tertiary/aromatic N) is 5. The molecule has 1 aliphatic rings. The second-order valence-electron chi connectivity index (χ2n) is 8.00. The smallest absolute Gasteiger partial charge is 0.255 e. The highest BCUT2D eigenvalue weighted by Crippen LogP contribution is 2.35. The van der Waals surface area contributed by atoms with Crippen molar-refractivity contribution >= 4 is 34.4 Å². The van der Waals surface area contributed by atoms with Gasteiger partial charge in [0.1, 0.15) is 11.6 Å². The number of aromatic nitrogens is 5. The lowest BCUT2D eigenvalue weighted by atomic mass is 9.88. The number of H-pyrrole nitrogens is 1. The zero-order valence-corrected chi connectivity index (χ0v) is 18.1. The fraction of sp³-hybridized carbons (Fsp3) is 0.273. The minimum Gasteiger partial charge on any atom is -0.398 e. The number of hydrogen-bond donors (Lipinski definition) is 2. The number of piperidine rings is 1. The van der Waals surface area contributed by atoms with E-state index in [1.165, 1.54) is 6.20 Å². The van der Waals surface area contributed by atoms with Crippen molar-refractivity contribution < 1.29 is 9.18 Å². The van der Waals surface area contributed by atoms with Crippen LogP contribution in [0.5, 0.6) is 0 Å². The molecule has 5 rings (SSSR count). The molecule has 0 atom stereocenters. The van der Waals surface area contributed by atoms with E-state index in [-0.39, 0.29) is 17.6 Å².